The second-order valence-electron chi connectivity index (χ2n) is 8.49. The minimum absolute atomic E-state index is 0.120. The fourth-order valence-corrected chi connectivity index (χ4v) is 4.49. The predicted molar refractivity (Wildman–Crippen MR) is 129 cm³/mol. The summed E-state index contributed by atoms with van der Waals surface area (Å²) in [5.41, 5.74) is 1.16. The molecule has 0 saturated carbocycles. The van der Waals surface area contributed by atoms with Gasteiger partial charge in [-0.15, -0.1) is 0 Å². The molecular weight excluding hydrogens is 472 g/mol. The van der Waals surface area contributed by atoms with Gasteiger partial charge in [-0.25, -0.2) is 4.68 Å². The first kappa shape index (κ1) is 22.9. The molecule has 0 aliphatic carbocycles. The molecule has 2 aromatic carbocycles. The molecule has 10 heteroatoms. The molecule has 3 aromatic rings. The lowest BCUT2D eigenvalue weighted by molar-refractivity contribution is -0.121. The number of carbonyl (C=O) groups excluding carboxylic acids is 2. The van der Waals surface area contributed by atoms with Crippen molar-refractivity contribution < 1.29 is 19.1 Å². The SMILES string of the molecule is Cc1cc(=O)c(C(=O)N2CCC(C(=O)Nc3ccc4c(c3)OCO4)CC2)nn1-c1ccccc1Cl. The molecule has 0 bridgehead atoms. The van der Waals surface area contributed by atoms with Gasteiger partial charge in [0, 0.05) is 42.5 Å². The number of para-hydroxylation sites is 1. The van der Waals surface area contributed by atoms with E-state index < -0.39 is 11.3 Å². The number of aryl methyl sites for hydroxylation is 1. The topological polar surface area (TPSA) is 103 Å². The molecule has 180 valence electrons. The van der Waals surface area contributed by atoms with Crippen molar-refractivity contribution in [2.45, 2.75) is 19.8 Å². The van der Waals surface area contributed by atoms with Crippen LogP contribution >= 0.6 is 11.6 Å². The molecule has 1 N–H and O–H groups in total. The second kappa shape index (κ2) is 9.42. The van der Waals surface area contributed by atoms with Crippen molar-refractivity contribution >= 4 is 29.1 Å². The van der Waals surface area contributed by atoms with Crippen LogP contribution in [0.25, 0.3) is 5.69 Å². The Hall–Kier alpha value is -3.85. The number of rotatable bonds is 4. The van der Waals surface area contributed by atoms with Crippen molar-refractivity contribution in [3.8, 4) is 17.2 Å². The highest BCUT2D eigenvalue weighted by molar-refractivity contribution is 6.32. The number of aromatic nitrogens is 2. The number of amides is 2. The fourth-order valence-electron chi connectivity index (χ4n) is 4.28. The van der Waals surface area contributed by atoms with E-state index in [4.69, 9.17) is 21.1 Å². The number of benzene rings is 2. The maximum absolute atomic E-state index is 13.2. The zero-order valence-electron chi connectivity index (χ0n) is 19.0. The summed E-state index contributed by atoms with van der Waals surface area (Å²) in [5.74, 6) is 0.413. The third kappa shape index (κ3) is 4.59. The third-order valence-electron chi connectivity index (χ3n) is 6.18. The molecule has 1 aromatic heterocycles. The van der Waals surface area contributed by atoms with Crippen molar-refractivity contribution in [3.63, 3.8) is 0 Å². The van der Waals surface area contributed by atoms with Gasteiger partial charge in [-0.1, -0.05) is 23.7 Å². The van der Waals surface area contributed by atoms with Crippen molar-refractivity contribution in [2.24, 2.45) is 5.92 Å². The van der Waals surface area contributed by atoms with Gasteiger partial charge < -0.3 is 19.7 Å². The summed E-state index contributed by atoms with van der Waals surface area (Å²) in [4.78, 5) is 40.1. The van der Waals surface area contributed by atoms with Gasteiger partial charge in [0.05, 0.1) is 10.7 Å². The number of halogens is 1. The Morgan fingerprint density at radius 2 is 1.80 bits per heavy atom. The quantitative estimate of drug-likeness (QED) is 0.596. The minimum Gasteiger partial charge on any atom is -0.454 e. The zero-order chi connectivity index (χ0) is 24.5. The standard InChI is InChI=1S/C25H23ClN4O5/c1-15-12-20(31)23(28-30(15)19-5-3-2-4-18(19)26)25(33)29-10-8-16(9-11-29)24(32)27-17-6-7-21-22(13-17)35-14-34-21/h2-7,12-13,16H,8-11,14H2,1H3,(H,27,32). The van der Waals surface area contributed by atoms with Gasteiger partial charge in [-0.2, -0.15) is 5.10 Å². The van der Waals surface area contributed by atoms with Gasteiger partial charge in [0.2, 0.25) is 18.1 Å². The zero-order valence-corrected chi connectivity index (χ0v) is 19.7. The first-order chi connectivity index (χ1) is 16.9. The Morgan fingerprint density at radius 1 is 1.06 bits per heavy atom. The second-order valence-corrected chi connectivity index (χ2v) is 8.89. The highest BCUT2D eigenvalue weighted by Gasteiger charge is 2.30. The largest absolute Gasteiger partial charge is 0.454 e. The van der Waals surface area contributed by atoms with Crippen molar-refractivity contribution in [3.05, 3.63) is 75.2 Å². The Labute approximate surface area is 206 Å². The number of hydrogen-bond acceptors (Lipinski definition) is 6. The molecule has 0 radical (unpaired) electrons. The van der Waals surface area contributed by atoms with E-state index in [1.54, 1.807) is 54.3 Å². The summed E-state index contributed by atoms with van der Waals surface area (Å²) >= 11 is 6.30. The van der Waals surface area contributed by atoms with Gasteiger partial charge >= 0.3 is 0 Å². The summed E-state index contributed by atoms with van der Waals surface area (Å²) in [6.45, 7) is 2.59. The van der Waals surface area contributed by atoms with E-state index >= 15 is 0 Å². The van der Waals surface area contributed by atoms with E-state index in [1.807, 2.05) is 0 Å². The maximum atomic E-state index is 13.2. The van der Waals surface area contributed by atoms with Crippen LogP contribution in [-0.4, -0.2) is 46.4 Å². The number of hydrogen-bond donors (Lipinski definition) is 1. The van der Waals surface area contributed by atoms with E-state index in [9.17, 15) is 14.4 Å². The van der Waals surface area contributed by atoms with E-state index in [0.717, 1.165) is 0 Å². The molecule has 0 atom stereocenters. The lowest BCUT2D eigenvalue weighted by Crippen LogP contribution is -2.43. The summed E-state index contributed by atoms with van der Waals surface area (Å²) in [6, 6.07) is 13.7. The average Bonchev–Trinajstić information content (AvgIpc) is 3.32. The third-order valence-corrected chi connectivity index (χ3v) is 6.50. The van der Waals surface area contributed by atoms with Crippen molar-refractivity contribution in [2.75, 3.05) is 25.2 Å². The highest BCUT2D eigenvalue weighted by atomic mass is 35.5. The number of piperidine rings is 1. The molecule has 3 heterocycles. The molecule has 2 amide bonds. The number of fused-ring (bicyclic) bond motifs is 1. The lowest BCUT2D eigenvalue weighted by Gasteiger charge is -2.31. The number of nitrogens with zero attached hydrogens (tertiary/aromatic N) is 3. The molecule has 2 aliphatic rings. The van der Waals surface area contributed by atoms with E-state index in [-0.39, 0.29) is 24.3 Å². The van der Waals surface area contributed by atoms with Crippen molar-refractivity contribution in [1.82, 2.24) is 14.7 Å². The first-order valence-corrected chi connectivity index (χ1v) is 11.6. The van der Waals surface area contributed by atoms with Crippen LogP contribution in [0.5, 0.6) is 11.5 Å². The predicted octanol–water partition coefficient (Wildman–Crippen LogP) is 3.41. The molecule has 9 nitrogen and oxygen atoms in total. The number of anilines is 1. The van der Waals surface area contributed by atoms with Crippen LogP contribution in [0.1, 0.15) is 29.0 Å². The van der Waals surface area contributed by atoms with Gasteiger partial charge in [0.15, 0.2) is 17.2 Å². The van der Waals surface area contributed by atoms with Gasteiger partial charge in [-0.05, 0) is 44.0 Å². The Balaban J connectivity index is 1.26. The Morgan fingerprint density at radius 3 is 2.57 bits per heavy atom. The van der Waals surface area contributed by atoms with Crippen LogP contribution in [0.4, 0.5) is 5.69 Å². The van der Waals surface area contributed by atoms with Crippen LogP contribution in [0, 0.1) is 12.8 Å². The summed E-state index contributed by atoms with van der Waals surface area (Å²) in [6.07, 6.45) is 0.958. The summed E-state index contributed by atoms with van der Waals surface area (Å²) in [7, 11) is 0. The summed E-state index contributed by atoms with van der Waals surface area (Å²) < 4.78 is 12.1. The molecular formula is C25H23ClN4O5. The lowest BCUT2D eigenvalue weighted by atomic mass is 9.95. The molecule has 0 unspecified atom stereocenters. The van der Waals surface area contributed by atoms with Gasteiger partial charge in [0.25, 0.3) is 5.91 Å². The fraction of sp³-hybridized carbons (Fsp3) is 0.280. The molecule has 35 heavy (non-hydrogen) atoms. The van der Waals surface area contributed by atoms with Crippen LogP contribution < -0.4 is 20.2 Å². The van der Waals surface area contributed by atoms with Crippen molar-refractivity contribution in [1.29, 1.82) is 0 Å². The Bertz CT molecular complexity index is 1360. The first-order valence-electron chi connectivity index (χ1n) is 11.3. The van der Waals surface area contributed by atoms with Crippen LogP contribution in [0.2, 0.25) is 5.02 Å². The van der Waals surface area contributed by atoms with Gasteiger partial charge in [-0.3, -0.25) is 14.4 Å². The van der Waals surface area contributed by atoms with Crippen LogP contribution in [-0.2, 0) is 4.79 Å². The van der Waals surface area contributed by atoms with E-state index in [1.165, 1.54) is 10.7 Å². The molecule has 1 saturated heterocycles. The maximum Gasteiger partial charge on any atom is 0.278 e. The summed E-state index contributed by atoms with van der Waals surface area (Å²) in [5, 5.41) is 7.71. The number of likely N-dealkylation sites (tertiary alicyclic amines) is 1. The molecule has 1 fully saturated rings. The monoisotopic (exact) mass is 494 g/mol. The smallest absolute Gasteiger partial charge is 0.278 e. The van der Waals surface area contributed by atoms with E-state index in [0.29, 0.717) is 59.5 Å². The van der Waals surface area contributed by atoms with Gasteiger partial charge in [0.1, 0.15) is 0 Å². The van der Waals surface area contributed by atoms with Crippen LogP contribution in [0.3, 0.4) is 0 Å². The van der Waals surface area contributed by atoms with Crippen LogP contribution in [0.15, 0.2) is 53.3 Å². The average molecular weight is 495 g/mol. The molecule has 5 rings (SSSR count). The van der Waals surface area contributed by atoms with E-state index in [2.05, 4.69) is 10.4 Å². The molecule has 2 aliphatic heterocycles. The number of carbonyl (C=O) groups is 2. The highest BCUT2D eigenvalue weighted by Crippen LogP contribution is 2.34. The number of ether oxygens (including phenoxy) is 2. The minimum atomic E-state index is -0.453. The Kier molecular flexibility index (Phi) is 6.17. The molecule has 0 spiro atoms. The number of nitrogens with one attached hydrogen (secondary N) is 1. The normalized spacial score (nSPS) is 15.2.